The van der Waals surface area contributed by atoms with Gasteiger partial charge in [0.15, 0.2) is 0 Å². The Bertz CT molecular complexity index is 546. The number of rotatable bonds is 22. The fraction of sp³-hybridized carbons (Fsp3) is 0.929. The van der Waals surface area contributed by atoms with E-state index in [2.05, 4.69) is 17.6 Å². The van der Waals surface area contributed by atoms with Crippen molar-refractivity contribution >= 4 is 23.8 Å². The lowest BCUT2D eigenvalue weighted by Crippen LogP contribution is -2.36. The van der Waals surface area contributed by atoms with Crippen LogP contribution in [0.1, 0.15) is 135 Å². The third-order valence-corrected chi connectivity index (χ3v) is 8.83. The normalized spacial score (nSPS) is 21.3. The van der Waals surface area contributed by atoms with Crippen LogP contribution >= 0.6 is 11.8 Å². The summed E-state index contributed by atoms with van der Waals surface area (Å²) in [5.41, 5.74) is 0. The molecule has 5 nitrogen and oxygen atoms in total. The van der Waals surface area contributed by atoms with Crippen LogP contribution in [0.3, 0.4) is 0 Å². The SMILES string of the molecule is CCCCCCCCCCCCCCCCCCOC(=O)CCCC[C@@H]1SC[C@@H]2NC(=O)N[C@@H]21. The highest BCUT2D eigenvalue weighted by Gasteiger charge is 2.42. The van der Waals surface area contributed by atoms with E-state index in [1.807, 2.05) is 11.8 Å². The molecule has 0 bridgehead atoms. The Kier molecular flexibility index (Phi) is 16.6. The Morgan fingerprint density at radius 1 is 0.794 bits per heavy atom. The van der Waals surface area contributed by atoms with Crippen LogP contribution in [0.2, 0.25) is 0 Å². The molecule has 0 radical (unpaired) electrons. The number of thioether (sulfide) groups is 1. The lowest BCUT2D eigenvalue weighted by atomic mass is 10.0. The minimum Gasteiger partial charge on any atom is -0.466 e. The van der Waals surface area contributed by atoms with E-state index in [1.54, 1.807) is 0 Å². The first-order valence-corrected chi connectivity index (χ1v) is 15.6. The lowest BCUT2D eigenvalue weighted by Gasteiger charge is -2.16. The second-order valence-corrected chi connectivity index (χ2v) is 11.7. The number of hydrogen-bond acceptors (Lipinski definition) is 4. The standard InChI is InChI=1S/C28H52N2O3S/c1-2-3-4-5-6-7-8-9-10-11-12-13-14-15-16-19-22-33-26(31)21-18-17-20-25-27-24(23-34-25)29-28(32)30-27/h24-25,27H,2-23H2,1H3,(H2,29,30,32)/t24-,25-,27-/m0/s1. The Balaban J connectivity index is 1.26. The Labute approximate surface area is 213 Å². The molecule has 198 valence electrons. The minimum absolute atomic E-state index is 0.0297. The molecule has 3 atom stereocenters. The van der Waals surface area contributed by atoms with E-state index in [9.17, 15) is 9.59 Å². The molecule has 2 N–H and O–H groups in total. The highest BCUT2D eigenvalue weighted by Crippen LogP contribution is 2.33. The summed E-state index contributed by atoms with van der Waals surface area (Å²) in [6.45, 7) is 2.86. The van der Waals surface area contributed by atoms with Gasteiger partial charge in [-0.25, -0.2) is 4.79 Å². The maximum atomic E-state index is 11.9. The van der Waals surface area contributed by atoms with Crippen LogP contribution in [0.4, 0.5) is 4.79 Å². The molecule has 0 aromatic carbocycles. The Morgan fingerprint density at radius 2 is 1.35 bits per heavy atom. The van der Waals surface area contributed by atoms with Gasteiger partial charge in [0.05, 0.1) is 18.7 Å². The summed E-state index contributed by atoms with van der Waals surface area (Å²) in [4.78, 5) is 23.4. The van der Waals surface area contributed by atoms with E-state index < -0.39 is 0 Å². The summed E-state index contributed by atoms with van der Waals surface area (Å²) in [6.07, 6.45) is 25.2. The summed E-state index contributed by atoms with van der Waals surface area (Å²) < 4.78 is 5.41. The van der Waals surface area contributed by atoms with Crippen LogP contribution in [0.15, 0.2) is 0 Å². The monoisotopic (exact) mass is 496 g/mol. The van der Waals surface area contributed by atoms with Crippen LogP contribution in [-0.2, 0) is 9.53 Å². The zero-order valence-corrected chi connectivity index (χ0v) is 22.7. The number of ether oxygens (including phenoxy) is 1. The Hall–Kier alpha value is -0.910. The topological polar surface area (TPSA) is 67.4 Å². The van der Waals surface area contributed by atoms with Crippen molar-refractivity contribution in [3.63, 3.8) is 0 Å². The molecule has 2 aliphatic heterocycles. The number of carbonyl (C=O) groups is 2. The van der Waals surface area contributed by atoms with E-state index in [0.29, 0.717) is 18.3 Å². The van der Waals surface area contributed by atoms with Crippen molar-refractivity contribution in [3.05, 3.63) is 0 Å². The molecule has 34 heavy (non-hydrogen) atoms. The number of nitrogens with one attached hydrogen (secondary N) is 2. The average molecular weight is 497 g/mol. The summed E-state index contributed by atoms with van der Waals surface area (Å²) in [7, 11) is 0. The number of carbonyl (C=O) groups excluding carboxylic acids is 2. The largest absolute Gasteiger partial charge is 0.466 e. The van der Waals surface area contributed by atoms with Gasteiger partial charge in [-0.3, -0.25) is 4.79 Å². The highest BCUT2D eigenvalue weighted by atomic mass is 32.2. The smallest absolute Gasteiger partial charge is 0.315 e. The number of unbranched alkanes of at least 4 members (excludes halogenated alkanes) is 16. The third kappa shape index (κ3) is 13.3. The fourth-order valence-electron chi connectivity index (χ4n) is 5.17. The lowest BCUT2D eigenvalue weighted by molar-refractivity contribution is -0.143. The number of hydrogen-bond donors (Lipinski definition) is 2. The van der Waals surface area contributed by atoms with Gasteiger partial charge in [-0.2, -0.15) is 11.8 Å². The van der Waals surface area contributed by atoms with Crippen LogP contribution < -0.4 is 10.6 Å². The van der Waals surface area contributed by atoms with Crippen LogP contribution in [0.25, 0.3) is 0 Å². The van der Waals surface area contributed by atoms with Gasteiger partial charge in [-0.05, 0) is 19.3 Å². The third-order valence-electron chi connectivity index (χ3n) is 7.32. The van der Waals surface area contributed by atoms with Gasteiger partial charge in [0.2, 0.25) is 0 Å². The van der Waals surface area contributed by atoms with Crippen molar-refractivity contribution in [3.8, 4) is 0 Å². The van der Waals surface area contributed by atoms with Gasteiger partial charge < -0.3 is 15.4 Å². The molecule has 0 aromatic heterocycles. The van der Waals surface area contributed by atoms with Crippen LogP contribution in [-0.4, -0.2) is 41.7 Å². The van der Waals surface area contributed by atoms with Crippen molar-refractivity contribution in [2.45, 2.75) is 153 Å². The van der Waals surface area contributed by atoms with E-state index in [1.165, 1.54) is 96.3 Å². The van der Waals surface area contributed by atoms with E-state index >= 15 is 0 Å². The van der Waals surface area contributed by atoms with E-state index in [0.717, 1.165) is 31.4 Å². The predicted molar refractivity (Wildman–Crippen MR) is 144 cm³/mol. The summed E-state index contributed by atoms with van der Waals surface area (Å²) in [5, 5.41) is 6.48. The maximum Gasteiger partial charge on any atom is 0.315 e. The first-order chi connectivity index (χ1) is 16.7. The molecule has 2 rings (SSSR count). The van der Waals surface area contributed by atoms with E-state index in [-0.39, 0.29) is 24.1 Å². The minimum atomic E-state index is -0.0475. The molecule has 0 spiro atoms. The molecule has 2 fully saturated rings. The van der Waals surface area contributed by atoms with Gasteiger partial charge >= 0.3 is 12.0 Å². The average Bonchev–Trinajstić information content (AvgIpc) is 3.38. The number of urea groups is 1. The molecule has 0 aromatic rings. The Morgan fingerprint density at radius 3 is 1.94 bits per heavy atom. The number of esters is 1. The van der Waals surface area contributed by atoms with Crippen molar-refractivity contribution in [2.75, 3.05) is 12.4 Å². The fourth-order valence-corrected chi connectivity index (χ4v) is 6.71. The summed E-state index contributed by atoms with van der Waals surface area (Å²) in [6, 6.07) is 0.518. The zero-order valence-electron chi connectivity index (χ0n) is 21.9. The molecule has 2 heterocycles. The van der Waals surface area contributed by atoms with Crippen LogP contribution in [0, 0.1) is 0 Å². The highest BCUT2D eigenvalue weighted by molar-refractivity contribution is 8.00. The molecule has 0 saturated carbocycles. The molecule has 0 unspecified atom stereocenters. The molecule has 2 saturated heterocycles. The predicted octanol–water partition coefficient (Wildman–Crippen LogP) is 7.52. The maximum absolute atomic E-state index is 11.9. The molecule has 2 aliphatic rings. The van der Waals surface area contributed by atoms with Crippen molar-refractivity contribution in [1.82, 2.24) is 10.6 Å². The van der Waals surface area contributed by atoms with Gasteiger partial charge in [0.1, 0.15) is 0 Å². The van der Waals surface area contributed by atoms with Crippen LogP contribution in [0.5, 0.6) is 0 Å². The first-order valence-electron chi connectivity index (χ1n) is 14.5. The molecule has 6 heteroatoms. The molecular formula is C28H52N2O3S. The summed E-state index contributed by atoms with van der Waals surface area (Å²) >= 11 is 1.94. The quantitative estimate of drug-likeness (QED) is 0.0924. The van der Waals surface area contributed by atoms with Gasteiger partial charge in [0.25, 0.3) is 0 Å². The molecule has 0 aliphatic carbocycles. The van der Waals surface area contributed by atoms with Crippen molar-refractivity contribution < 1.29 is 14.3 Å². The van der Waals surface area contributed by atoms with E-state index in [4.69, 9.17) is 4.74 Å². The van der Waals surface area contributed by atoms with Crippen molar-refractivity contribution in [2.24, 2.45) is 0 Å². The number of amides is 2. The molecule has 2 amide bonds. The number of fused-ring (bicyclic) bond motifs is 1. The van der Waals surface area contributed by atoms with Gasteiger partial charge in [0, 0.05) is 17.4 Å². The van der Waals surface area contributed by atoms with Crippen molar-refractivity contribution in [1.29, 1.82) is 0 Å². The molecular weight excluding hydrogens is 444 g/mol. The first kappa shape index (κ1) is 29.3. The van der Waals surface area contributed by atoms with Gasteiger partial charge in [-0.1, -0.05) is 110 Å². The second-order valence-electron chi connectivity index (χ2n) is 10.4. The zero-order chi connectivity index (χ0) is 24.3. The second kappa shape index (κ2) is 19.3. The van der Waals surface area contributed by atoms with Gasteiger partial charge in [-0.15, -0.1) is 0 Å². The summed E-state index contributed by atoms with van der Waals surface area (Å²) in [5.74, 6) is 0.948.